The minimum Gasteiger partial charge on any atom is -0.453 e. The minimum atomic E-state index is 0.661. The Hall–Kier alpha value is -5.16. The van der Waals surface area contributed by atoms with Gasteiger partial charge in [0.15, 0.2) is 11.5 Å². The number of anilines is 2. The number of rotatable bonds is 4. The summed E-state index contributed by atoms with van der Waals surface area (Å²) in [5.41, 5.74) is 5.44. The number of benzene rings is 5. The fourth-order valence-corrected chi connectivity index (χ4v) is 5.13. The summed E-state index contributed by atoms with van der Waals surface area (Å²) in [6.07, 6.45) is 3.53. The third-order valence-electron chi connectivity index (χ3n) is 6.81. The summed E-state index contributed by atoms with van der Waals surface area (Å²) in [6.45, 7) is 8.04. The second-order valence-corrected chi connectivity index (χ2v) is 8.86. The molecule has 0 unspecified atom stereocenters. The zero-order valence-electron chi connectivity index (χ0n) is 20.0. The molecule has 5 heteroatoms. The zero-order chi connectivity index (χ0) is 24.9. The highest BCUT2D eigenvalue weighted by Crippen LogP contribution is 2.45. The number of aromatic nitrogens is 3. The smallest absolute Gasteiger partial charge is 0.151 e. The summed E-state index contributed by atoms with van der Waals surface area (Å²) in [7, 11) is 0. The lowest BCUT2D eigenvalue weighted by Gasteiger charge is -2.34. The predicted octanol–water partition coefficient (Wildman–Crippen LogP) is 7.84. The van der Waals surface area contributed by atoms with E-state index in [9.17, 15) is 0 Å². The van der Waals surface area contributed by atoms with Crippen molar-refractivity contribution < 1.29 is 4.74 Å². The van der Waals surface area contributed by atoms with Crippen LogP contribution in [0.2, 0.25) is 0 Å². The van der Waals surface area contributed by atoms with Gasteiger partial charge < -0.3 is 9.64 Å². The first-order chi connectivity index (χ1) is 18.3. The Morgan fingerprint density at radius 3 is 2.14 bits per heavy atom. The van der Waals surface area contributed by atoms with Crippen molar-refractivity contribution in [1.82, 2.24) is 15.0 Å². The Kier molecular flexibility index (Phi) is 4.69. The highest BCUT2D eigenvalue weighted by atomic mass is 16.5. The molecule has 0 radical (unpaired) electrons. The van der Waals surface area contributed by atoms with E-state index in [1.54, 1.807) is 10.9 Å². The SMILES string of the molecule is C=CC1=C(C=C)N(c2ccc(-n3nc4ccc5ccccc5c4n3)c3ccccc23)c2ccccc2O1. The Labute approximate surface area is 213 Å². The van der Waals surface area contributed by atoms with Crippen molar-refractivity contribution in [3.63, 3.8) is 0 Å². The minimum absolute atomic E-state index is 0.661. The van der Waals surface area contributed by atoms with Crippen LogP contribution in [0.1, 0.15) is 0 Å². The van der Waals surface area contributed by atoms with Crippen molar-refractivity contribution in [3.8, 4) is 11.4 Å². The number of fused-ring (bicyclic) bond motifs is 5. The summed E-state index contributed by atoms with van der Waals surface area (Å²) in [6, 6.07) is 32.9. The van der Waals surface area contributed by atoms with Crippen molar-refractivity contribution in [2.75, 3.05) is 4.90 Å². The molecule has 0 atom stereocenters. The fourth-order valence-electron chi connectivity index (χ4n) is 5.13. The highest BCUT2D eigenvalue weighted by Gasteiger charge is 2.27. The Balaban J connectivity index is 1.47. The molecule has 0 amide bonds. The van der Waals surface area contributed by atoms with Gasteiger partial charge >= 0.3 is 0 Å². The summed E-state index contributed by atoms with van der Waals surface area (Å²) in [4.78, 5) is 3.92. The van der Waals surface area contributed by atoms with E-state index >= 15 is 0 Å². The van der Waals surface area contributed by atoms with E-state index in [-0.39, 0.29) is 0 Å². The molecule has 176 valence electrons. The van der Waals surface area contributed by atoms with E-state index in [4.69, 9.17) is 14.9 Å². The second-order valence-electron chi connectivity index (χ2n) is 8.86. The largest absolute Gasteiger partial charge is 0.453 e. The lowest BCUT2D eigenvalue weighted by atomic mass is 10.0. The molecule has 0 saturated carbocycles. The topological polar surface area (TPSA) is 43.2 Å². The molecule has 0 bridgehead atoms. The Morgan fingerprint density at radius 1 is 0.622 bits per heavy atom. The maximum Gasteiger partial charge on any atom is 0.151 e. The van der Waals surface area contributed by atoms with Crippen LogP contribution in [-0.2, 0) is 0 Å². The molecule has 1 aromatic heterocycles. The van der Waals surface area contributed by atoms with Gasteiger partial charge in [0.25, 0.3) is 0 Å². The van der Waals surface area contributed by atoms with E-state index in [1.165, 1.54) is 0 Å². The van der Waals surface area contributed by atoms with E-state index in [1.807, 2.05) is 60.7 Å². The van der Waals surface area contributed by atoms with Crippen LogP contribution in [0.3, 0.4) is 0 Å². The standard InChI is InChI=1S/C32H22N4O/c1-3-26-30(4-2)37-31-16-10-9-15-29(31)35(26)27-19-20-28(24-14-8-7-13-23(24)27)36-33-25-18-17-21-11-5-6-12-22(21)32(25)34-36/h3-20H,1-2H2. The van der Waals surface area contributed by atoms with Crippen molar-refractivity contribution in [2.45, 2.75) is 0 Å². The maximum absolute atomic E-state index is 6.13. The van der Waals surface area contributed by atoms with Gasteiger partial charge in [0.1, 0.15) is 11.0 Å². The molecular formula is C32H22N4O. The third kappa shape index (κ3) is 3.18. The predicted molar refractivity (Wildman–Crippen MR) is 151 cm³/mol. The first-order valence-electron chi connectivity index (χ1n) is 12.1. The quantitative estimate of drug-likeness (QED) is 0.259. The summed E-state index contributed by atoms with van der Waals surface area (Å²) >= 11 is 0. The van der Waals surface area contributed by atoms with Crippen LogP contribution >= 0.6 is 0 Å². The van der Waals surface area contributed by atoms with Gasteiger partial charge in [-0.2, -0.15) is 0 Å². The number of allylic oxidation sites excluding steroid dienone is 2. The fraction of sp³-hybridized carbons (Fsp3) is 0. The van der Waals surface area contributed by atoms with Crippen LogP contribution in [0.25, 0.3) is 38.3 Å². The van der Waals surface area contributed by atoms with Gasteiger partial charge in [0.2, 0.25) is 0 Å². The summed E-state index contributed by atoms with van der Waals surface area (Å²) in [5, 5.41) is 14.1. The average molecular weight is 479 g/mol. The average Bonchev–Trinajstić information content (AvgIpc) is 3.40. The molecule has 0 N–H and O–H groups in total. The number of para-hydroxylation sites is 2. The van der Waals surface area contributed by atoms with Crippen molar-refractivity contribution in [1.29, 1.82) is 0 Å². The van der Waals surface area contributed by atoms with Gasteiger partial charge in [0.05, 0.1) is 22.8 Å². The van der Waals surface area contributed by atoms with Crippen LogP contribution in [-0.4, -0.2) is 15.0 Å². The number of hydrogen-bond acceptors (Lipinski definition) is 4. The van der Waals surface area contributed by atoms with Crippen LogP contribution in [0.4, 0.5) is 11.4 Å². The second kappa shape index (κ2) is 8.21. The molecule has 5 aromatic carbocycles. The van der Waals surface area contributed by atoms with Gasteiger partial charge in [-0.15, -0.1) is 15.0 Å². The van der Waals surface area contributed by atoms with Crippen molar-refractivity contribution in [2.24, 2.45) is 0 Å². The highest BCUT2D eigenvalue weighted by molar-refractivity contribution is 6.05. The maximum atomic E-state index is 6.13. The molecule has 5 nitrogen and oxygen atoms in total. The van der Waals surface area contributed by atoms with Crippen LogP contribution in [0.5, 0.6) is 5.75 Å². The molecular weight excluding hydrogens is 456 g/mol. The third-order valence-corrected chi connectivity index (χ3v) is 6.81. The first kappa shape index (κ1) is 21.1. The lowest BCUT2D eigenvalue weighted by molar-refractivity contribution is 0.431. The monoisotopic (exact) mass is 478 g/mol. The summed E-state index contributed by atoms with van der Waals surface area (Å²) in [5.74, 6) is 1.43. The molecule has 1 aliphatic rings. The molecule has 7 rings (SSSR count). The Morgan fingerprint density at radius 2 is 1.32 bits per heavy atom. The van der Waals surface area contributed by atoms with Gasteiger partial charge in [-0.25, -0.2) is 0 Å². The van der Waals surface area contributed by atoms with Gasteiger partial charge in [-0.3, -0.25) is 0 Å². The van der Waals surface area contributed by atoms with Crippen molar-refractivity contribution in [3.05, 3.63) is 134 Å². The number of nitrogens with zero attached hydrogens (tertiary/aromatic N) is 4. The van der Waals surface area contributed by atoms with Gasteiger partial charge in [0, 0.05) is 16.2 Å². The van der Waals surface area contributed by atoms with E-state index < -0.39 is 0 Å². The number of hydrogen-bond donors (Lipinski definition) is 0. The van der Waals surface area contributed by atoms with Crippen LogP contribution in [0.15, 0.2) is 134 Å². The molecule has 0 aliphatic carbocycles. The molecule has 6 aromatic rings. The molecule has 37 heavy (non-hydrogen) atoms. The molecule has 2 heterocycles. The molecule has 0 saturated heterocycles. The zero-order valence-corrected chi connectivity index (χ0v) is 20.0. The molecule has 1 aliphatic heterocycles. The number of ether oxygens (including phenoxy) is 1. The van der Waals surface area contributed by atoms with Crippen LogP contribution in [0, 0.1) is 0 Å². The summed E-state index contributed by atoms with van der Waals surface area (Å²) < 4.78 is 6.13. The van der Waals surface area contributed by atoms with E-state index in [2.05, 4.69) is 60.5 Å². The molecule has 0 fully saturated rings. The van der Waals surface area contributed by atoms with Gasteiger partial charge in [-0.1, -0.05) is 79.9 Å². The van der Waals surface area contributed by atoms with E-state index in [0.29, 0.717) is 5.76 Å². The normalized spacial score (nSPS) is 13.1. The van der Waals surface area contributed by atoms with Crippen molar-refractivity contribution >= 4 is 44.0 Å². The lowest BCUT2D eigenvalue weighted by Crippen LogP contribution is -2.23. The van der Waals surface area contributed by atoms with Crippen LogP contribution < -0.4 is 9.64 Å². The first-order valence-corrected chi connectivity index (χ1v) is 12.1. The molecule has 0 spiro atoms. The van der Waals surface area contributed by atoms with Gasteiger partial charge in [-0.05, 0) is 47.9 Å². The Bertz CT molecular complexity index is 1910. The van der Waals surface area contributed by atoms with E-state index in [0.717, 1.165) is 61.1 Å².